The van der Waals surface area contributed by atoms with Gasteiger partial charge in [0.05, 0.1) is 6.42 Å². The van der Waals surface area contributed by atoms with Gasteiger partial charge >= 0.3 is 11.9 Å². The predicted molar refractivity (Wildman–Crippen MR) is 37.7 cm³/mol. The van der Waals surface area contributed by atoms with Crippen LogP contribution in [0.5, 0.6) is 0 Å². The summed E-state index contributed by atoms with van der Waals surface area (Å²) in [4.78, 5) is 30.7. The summed E-state index contributed by atoms with van der Waals surface area (Å²) in [5.74, 6) is -4.72. The molecule has 0 spiro atoms. The van der Waals surface area contributed by atoms with Crippen molar-refractivity contribution in [3.05, 3.63) is 0 Å². The predicted octanol–water partition coefficient (Wildman–Crippen LogP) is -1.07. The maximum Gasteiger partial charge on any atom is 0.314 e. The summed E-state index contributed by atoms with van der Waals surface area (Å²) in [7, 11) is 0. The van der Waals surface area contributed by atoms with E-state index < -0.39 is 30.1 Å². The fourth-order valence-corrected chi connectivity index (χ4v) is 0.580. The average molecular weight is 178 g/mol. The van der Waals surface area contributed by atoms with Crippen LogP contribution in [-0.2, 0) is 14.4 Å². The lowest BCUT2D eigenvalue weighted by Crippen LogP contribution is -2.24. The van der Waals surface area contributed by atoms with Gasteiger partial charge in [-0.3, -0.25) is 14.4 Å². The number of carboxylic acids is 2. The maximum atomic E-state index is 10.5. The van der Waals surface area contributed by atoms with Gasteiger partial charge < -0.3 is 15.7 Å². The Morgan fingerprint density at radius 3 is 1.75 bits per heavy atom. The number of rotatable bonds is 4. The molecule has 0 aliphatic heterocycles. The molecule has 0 heterocycles. The first-order valence-corrected chi connectivity index (χ1v) is 2.90. The Morgan fingerprint density at radius 1 is 1.25 bits per heavy atom. The summed E-state index contributed by atoms with van der Waals surface area (Å²) in [5, 5.41) is 16.5. The average Bonchev–Trinajstić information content (AvgIpc) is 1.81. The van der Waals surface area contributed by atoms with E-state index in [1.807, 2.05) is 0 Å². The van der Waals surface area contributed by atoms with Crippen LogP contribution in [0.2, 0.25) is 0 Å². The zero-order valence-corrected chi connectivity index (χ0v) is 6.40. The molecule has 4 N–H and O–H groups in total. The lowest BCUT2D eigenvalue weighted by atomic mass is 10.0. The van der Waals surface area contributed by atoms with Gasteiger partial charge in [0.1, 0.15) is 11.7 Å². The molecule has 0 amide bonds. The van der Waals surface area contributed by atoms with E-state index in [1.54, 1.807) is 0 Å². The van der Waals surface area contributed by atoms with Crippen molar-refractivity contribution in [3.63, 3.8) is 0 Å². The number of Topliss-reactive ketones (excluding diaryl/α,β-unsaturated/α-hetero) is 1. The minimum atomic E-state index is -1.41. The van der Waals surface area contributed by atoms with Crippen LogP contribution >= 0.6 is 0 Å². The molecule has 12 heavy (non-hydrogen) atoms. The van der Waals surface area contributed by atoms with Gasteiger partial charge in [-0.15, -0.1) is 0 Å². The van der Waals surface area contributed by atoms with Crippen LogP contribution in [0.1, 0.15) is 13.3 Å². The molecule has 0 aromatic heterocycles. The van der Waals surface area contributed by atoms with Crippen LogP contribution in [0.15, 0.2) is 0 Å². The largest absolute Gasteiger partial charge is 0.481 e. The van der Waals surface area contributed by atoms with Crippen LogP contribution in [0, 0.1) is 5.92 Å². The third kappa shape index (κ3) is 4.40. The molecule has 0 saturated heterocycles. The minimum absolute atomic E-state index is 0. The zero-order valence-electron chi connectivity index (χ0n) is 6.40. The highest BCUT2D eigenvalue weighted by Crippen LogP contribution is 2.04. The number of ketones is 1. The Kier molecular flexibility index (Phi) is 5.77. The minimum Gasteiger partial charge on any atom is -0.481 e. The molecule has 1 unspecified atom stereocenters. The first-order valence-electron chi connectivity index (χ1n) is 2.90. The molecular weight excluding hydrogens is 168 g/mol. The quantitative estimate of drug-likeness (QED) is 0.530. The lowest BCUT2D eigenvalue weighted by Gasteiger charge is -2.03. The summed E-state index contributed by atoms with van der Waals surface area (Å²) >= 11 is 0. The molecule has 70 valence electrons. The summed E-state index contributed by atoms with van der Waals surface area (Å²) in [5.41, 5.74) is 0. The van der Waals surface area contributed by atoms with Gasteiger partial charge in [0.25, 0.3) is 0 Å². The van der Waals surface area contributed by atoms with E-state index in [-0.39, 0.29) is 5.48 Å². The topological polar surface area (TPSA) is 123 Å². The Hall–Kier alpha value is -1.43. The van der Waals surface area contributed by atoms with Crippen molar-refractivity contribution in [3.8, 4) is 0 Å². The van der Waals surface area contributed by atoms with Crippen LogP contribution in [0.3, 0.4) is 0 Å². The van der Waals surface area contributed by atoms with Crippen LogP contribution in [0.25, 0.3) is 0 Å². The van der Waals surface area contributed by atoms with E-state index in [1.165, 1.54) is 0 Å². The Balaban J connectivity index is 0. The van der Waals surface area contributed by atoms with Crippen molar-refractivity contribution in [1.29, 1.82) is 0 Å². The number of carboxylic acid groups (broad SMARTS) is 2. The van der Waals surface area contributed by atoms with Gasteiger partial charge in [-0.25, -0.2) is 0 Å². The molecule has 1 atom stereocenters. The van der Waals surface area contributed by atoms with Crippen molar-refractivity contribution in [2.75, 3.05) is 0 Å². The molecule has 6 nitrogen and oxygen atoms in total. The van der Waals surface area contributed by atoms with Gasteiger partial charge in [-0.2, -0.15) is 0 Å². The van der Waals surface area contributed by atoms with Gasteiger partial charge in [-0.05, 0) is 6.92 Å². The molecule has 0 radical (unpaired) electrons. The summed E-state index contributed by atoms with van der Waals surface area (Å²) < 4.78 is 0. The summed E-state index contributed by atoms with van der Waals surface area (Å²) in [6, 6.07) is 0. The molecule has 0 aromatic carbocycles. The number of carbonyl (C=O) groups excluding carboxylic acids is 1. The highest BCUT2D eigenvalue weighted by atomic mass is 16.4. The van der Waals surface area contributed by atoms with Crippen molar-refractivity contribution < 1.29 is 30.1 Å². The summed E-state index contributed by atoms with van der Waals surface area (Å²) in [6.45, 7) is 1.06. The monoisotopic (exact) mass is 178 g/mol. The normalized spacial score (nSPS) is 11.1. The molecular formula is C6H10O6. The highest BCUT2D eigenvalue weighted by Gasteiger charge is 2.25. The fourth-order valence-electron chi connectivity index (χ4n) is 0.580. The van der Waals surface area contributed by atoms with E-state index in [9.17, 15) is 14.4 Å². The van der Waals surface area contributed by atoms with E-state index >= 15 is 0 Å². The van der Waals surface area contributed by atoms with Crippen LogP contribution in [0.4, 0.5) is 0 Å². The number of hydrogen-bond donors (Lipinski definition) is 2. The standard InChI is InChI=1S/C6H8O5.H2O/c1-3(7)4(6(10)11)2-5(8)9;/h4H,2H2,1H3,(H,8,9)(H,10,11);1H2. The first kappa shape index (κ1) is 13.2. The first-order chi connectivity index (χ1) is 4.95. The molecule has 0 aliphatic carbocycles. The van der Waals surface area contributed by atoms with Crippen molar-refractivity contribution in [2.24, 2.45) is 5.92 Å². The molecule has 0 fully saturated rings. The molecule has 0 saturated carbocycles. The third-order valence-electron chi connectivity index (χ3n) is 1.17. The summed E-state index contributed by atoms with van der Waals surface area (Å²) in [6.07, 6.45) is -0.648. The van der Waals surface area contributed by atoms with Crippen molar-refractivity contribution in [2.45, 2.75) is 13.3 Å². The smallest absolute Gasteiger partial charge is 0.314 e. The SMILES string of the molecule is CC(=O)C(CC(=O)O)C(=O)O.O. The Bertz CT molecular complexity index is 182. The number of aliphatic carboxylic acids is 2. The number of hydrogen-bond acceptors (Lipinski definition) is 3. The molecule has 0 rings (SSSR count). The second kappa shape index (κ2) is 5.25. The molecule has 0 aliphatic rings. The zero-order chi connectivity index (χ0) is 9.02. The Morgan fingerprint density at radius 2 is 1.67 bits per heavy atom. The van der Waals surface area contributed by atoms with E-state index in [0.717, 1.165) is 6.92 Å². The van der Waals surface area contributed by atoms with Gasteiger partial charge in [-0.1, -0.05) is 0 Å². The van der Waals surface area contributed by atoms with E-state index in [4.69, 9.17) is 10.2 Å². The lowest BCUT2D eigenvalue weighted by molar-refractivity contribution is -0.151. The maximum absolute atomic E-state index is 10.5. The molecule has 0 aromatic rings. The van der Waals surface area contributed by atoms with Gasteiger partial charge in [0.15, 0.2) is 0 Å². The van der Waals surface area contributed by atoms with Crippen LogP contribution in [-0.4, -0.2) is 33.4 Å². The second-order valence-electron chi connectivity index (χ2n) is 2.10. The van der Waals surface area contributed by atoms with E-state index in [0.29, 0.717) is 0 Å². The molecule has 6 heteroatoms. The highest BCUT2D eigenvalue weighted by molar-refractivity contribution is 5.99. The molecule has 0 bridgehead atoms. The van der Waals surface area contributed by atoms with Crippen LogP contribution < -0.4 is 0 Å². The van der Waals surface area contributed by atoms with Crippen molar-refractivity contribution >= 4 is 17.7 Å². The number of carbonyl (C=O) groups is 3. The van der Waals surface area contributed by atoms with E-state index in [2.05, 4.69) is 0 Å². The van der Waals surface area contributed by atoms with Gasteiger partial charge in [0, 0.05) is 0 Å². The van der Waals surface area contributed by atoms with Crippen molar-refractivity contribution in [1.82, 2.24) is 0 Å². The van der Waals surface area contributed by atoms with Gasteiger partial charge in [0.2, 0.25) is 0 Å². The fraction of sp³-hybridized carbons (Fsp3) is 0.500. The third-order valence-corrected chi connectivity index (χ3v) is 1.17. The second-order valence-corrected chi connectivity index (χ2v) is 2.10. The Labute approximate surface area is 68.1 Å².